The third-order valence-electron chi connectivity index (χ3n) is 1.67. The molecule has 0 saturated carbocycles. The van der Waals surface area contributed by atoms with Crippen LogP contribution in [0.15, 0.2) is 37.0 Å². The lowest BCUT2D eigenvalue weighted by molar-refractivity contribution is 0.844. The van der Waals surface area contributed by atoms with Gasteiger partial charge >= 0.3 is 0 Å². The van der Waals surface area contributed by atoms with Crippen LogP contribution >= 0.6 is 11.8 Å². The van der Waals surface area contributed by atoms with Crippen LogP contribution in [0.5, 0.6) is 0 Å². The Labute approximate surface area is 66.7 Å². The largest absolute Gasteiger partial charge is 0.157 e. The summed E-state index contributed by atoms with van der Waals surface area (Å²) in [6, 6.07) is 0. The van der Waals surface area contributed by atoms with E-state index in [0.29, 0.717) is 11.2 Å². The molecule has 0 radical (unpaired) electrons. The molecule has 1 aliphatic rings. The molecule has 2 unspecified atom stereocenters. The molecule has 0 amide bonds. The van der Waals surface area contributed by atoms with Crippen molar-refractivity contribution in [1.29, 1.82) is 0 Å². The Hall–Kier alpha value is -0.430. The minimum atomic E-state index is 0.528. The molecule has 0 saturated heterocycles. The highest BCUT2D eigenvalue weighted by Crippen LogP contribution is 2.23. The van der Waals surface area contributed by atoms with E-state index in [0.717, 1.165) is 0 Å². The lowest BCUT2D eigenvalue weighted by Gasteiger charge is -2.17. The summed E-state index contributed by atoms with van der Waals surface area (Å²) in [7, 11) is 0. The Morgan fingerprint density at radius 3 is 2.60 bits per heavy atom. The second kappa shape index (κ2) is 3.67. The smallest absolute Gasteiger partial charge is 0.0324 e. The van der Waals surface area contributed by atoms with Crippen LogP contribution in [0.4, 0.5) is 0 Å². The van der Waals surface area contributed by atoms with Crippen LogP contribution in [-0.4, -0.2) is 11.5 Å². The molecule has 1 rings (SSSR count). The van der Waals surface area contributed by atoms with E-state index >= 15 is 0 Å². The van der Waals surface area contributed by atoms with Gasteiger partial charge in [0.1, 0.15) is 0 Å². The Balaban J connectivity index is 2.63. The summed E-state index contributed by atoms with van der Waals surface area (Å²) < 4.78 is 0. The summed E-state index contributed by atoms with van der Waals surface area (Å²) in [6.45, 7) is 3.78. The lowest BCUT2D eigenvalue weighted by atomic mass is 10.0. The van der Waals surface area contributed by atoms with Gasteiger partial charge < -0.3 is 0 Å². The lowest BCUT2D eigenvalue weighted by Crippen LogP contribution is -2.11. The maximum atomic E-state index is 3.78. The molecule has 1 aliphatic carbocycles. The van der Waals surface area contributed by atoms with E-state index in [1.54, 1.807) is 0 Å². The van der Waals surface area contributed by atoms with Crippen molar-refractivity contribution in [2.45, 2.75) is 5.25 Å². The third kappa shape index (κ3) is 1.54. The van der Waals surface area contributed by atoms with Gasteiger partial charge in [0.05, 0.1) is 0 Å². The predicted molar refractivity (Wildman–Crippen MR) is 49.3 cm³/mol. The SMILES string of the molecule is C=CC1C=CC=CC1SC. The third-order valence-corrected chi connectivity index (χ3v) is 2.68. The van der Waals surface area contributed by atoms with E-state index in [1.807, 2.05) is 17.8 Å². The van der Waals surface area contributed by atoms with Gasteiger partial charge in [0.25, 0.3) is 0 Å². The molecule has 0 aromatic carbocycles. The van der Waals surface area contributed by atoms with Crippen LogP contribution in [-0.2, 0) is 0 Å². The van der Waals surface area contributed by atoms with Gasteiger partial charge in [-0.2, -0.15) is 11.8 Å². The number of rotatable bonds is 2. The molecule has 0 N–H and O–H groups in total. The van der Waals surface area contributed by atoms with Gasteiger partial charge in [-0.25, -0.2) is 0 Å². The van der Waals surface area contributed by atoms with Crippen molar-refractivity contribution < 1.29 is 0 Å². The van der Waals surface area contributed by atoms with Gasteiger partial charge in [-0.3, -0.25) is 0 Å². The molecular formula is C9H12S. The molecule has 0 bridgehead atoms. The fraction of sp³-hybridized carbons (Fsp3) is 0.333. The van der Waals surface area contributed by atoms with Gasteiger partial charge in [0, 0.05) is 11.2 Å². The zero-order chi connectivity index (χ0) is 7.40. The highest BCUT2D eigenvalue weighted by Gasteiger charge is 2.12. The summed E-state index contributed by atoms with van der Waals surface area (Å²) in [6.07, 6.45) is 12.7. The fourth-order valence-electron chi connectivity index (χ4n) is 1.05. The van der Waals surface area contributed by atoms with E-state index in [-0.39, 0.29) is 0 Å². The topological polar surface area (TPSA) is 0 Å². The first-order chi connectivity index (χ1) is 4.88. The summed E-state index contributed by atoms with van der Waals surface area (Å²) in [5.41, 5.74) is 0. The molecule has 1 heteroatoms. The zero-order valence-electron chi connectivity index (χ0n) is 6.16. The number of hydrogen-bond acceptors (Lipinski definition) is 1. The first-order valence-electron chi connectivity index (χ1n) is 3.39. The maximum Gasteiger partial charge on any atom is 0.0324 e. The van der Waals surface area contributed by atoms with Crippen molar-refractivity contribution in [2.24, 2.45) is 5.92 Å². The van der Waals surface area contributed by atoms with Gasteiger partial charge in [-0.05, 0) is 6.26 Å². The van der Waals surface area contributed by atoms with Gasteiger partial charge in [0.15, 0.2) is 0 Å². The number of thioether (sulfide) groups is 1. The van der Waals surface area contributed by atoms with E-state index in [1.165, 1.54) is 0 Å². The minimum absolute atomic E-state index is 0.528. The Morgan fingerprint density at radius 2 is 2.10 bits per heavy atom. The van der Waals surface area contributed by atoms with Crippen molar-refractivity contribution in [2.75, 3.05) is 6.26 Å². The molecule has 0 heterocycles. The standard InChI is InChI=1S/C9H12S/c1-3-8-6-4-5-7-9(8)10-2/h3-9H,1H2,2H3. The van der Waals surface area contributed by atoms with Crippen molar-refractivity contribution >= 4 is 11.8 Å². The quantitative estimate of drug-likeness (QED) is 0.548. The van der Waals surface area contributed by atoms with Gasteiger partial charge in [-0.1, -0.05) is 30.4 Å². The second-order valence-corrected chi connectivity index (χ2v) is 3.30. The predicted octanol–water partition coefficient (Wildman–Crippen LogP) is 2.65. The van der Waals surface area contributed by atoms with Crippen molar-refractivity contribution in [1.82, 2.24) is 0 Å². The summed E-state index contributed by atoms with van der Waals surface area (Å²) in [5.74, 6) is 0.528. The summed E-state index contributed by atoms with van der Waals surface area (Å²) in [5, 5.41) is 0.600. The van der Waals surface area contributed by atoms with Crippen LogP contribution in [0.2, 0.25) is 0 Å². The second-order valence-electron chi connectivity index (χ2n) is 2.28. The monoisotopic (exact) mass is 152 g/mol. The van der Waals surface area contributed by atoms with Crippen LogP contribution in [0.3, 0.4) is 0 Å². The number of allylic oxidation sites excluding steroid dienone is 4. The average molecular weight is 152 g/mol. The highest BCUT2D eigenvalue weighted by atomic mass is 32.2. The molecular weight excluding hydrogens is 140 g/mol. The van der Waals surface area contributed by atoms with E-state index < -0.39 is 0 Å². The number of hydrogen-bond donors (Lipinski definition) is 0. The van der Waals surface area contributed by atoms with Crippen LogP contribution in [0, 0.1) is 5.92 Å². The van der Waals surface area contributed by atoms with E-state index in [9.17, 15) is 0 Å². The Morgan fingerprint density at radius 1 is 1.40 bits per heavy atom. The molecule has 0 spiro atoms. The molecule has 0 aromatic heterocycles. The van der Waals surface area contributed by atoms with Crippen molar-refractivity contribution in [3.8, 4) is 0 Å². The zero-order valence-corrected chi connectivity index (χ0v) is 6.97. The Bertz CT molecular complexity index is 168. The average Bonchev–Trinajstić information content (AvgIpc) is 2.04. The first kappa shape index (κ1) is 7.67. The molecule has 10 heavy (non-hydrogen) atoms. The van der Waals surface area contributed by atoms with E-state index in [2.05, 4.69) is 37.1 Å². The van der Waals surface area contributed by atoms with Crippen molar-refractivity contribution in [3.63, 3.8) is 0 Å². The molecule has 0 nitrogen and oxygen atoms in total. The van der Waals surface area contributed by atoms with Gasteiger partial charge in [-0.15, -0.1) is 6.58 Å². The van der Waals surface area contributed by atoms with Gasteiger partial charge in [0.2, 0.25) is 0 Å². The van der Waals surface area contributed by atoms with Crippen LogP contribution < -0.4 is 0 Å². The summed E-state index contributed by atoms with van der Waals surface area (Å²) in [4.78, 5) is 0. The normalized spacial score (nSPS) is 30.5. The molecule has 54 valence electrons. The summed E-state index contributed by atoms with van der Waals surface area (Å²) >= 11 is 1.87. The molecule has 0 aliphatic heterocycles. The van der Waals surface area contributed by atoms with E-state index in [4.69, 9.17) is 0 Å². The first-order valence-corrected chi connectivity index (χ1v) is 4.67. The minimum Gasteiger partial charge on any atom is -0.157 e. The highest BCUT2D eigenvalue weighted by molar-refractivity contribution is 7.99. The molecule has 0 fully saturated rings. The molecule has 0 aromatic rings. The Kier molecular flexibility index (Phi) is 2.82. The fourth-order valence-corrected chi connectivity index (χ4v) is 1.82. The van der Waals surface area contributed by atoms with Crippen molar-refractivity contribution in [3.05, 3.63) is 37.0 Å². The molecule has 2 atom stereocenters. The van der Waals surface area contributed by atoms with Crippen LogP contribution in [0.25, 0.3) is 0 Å². The maximum absolute atomic E-state index is 3.78. The van der Waals surface area contributed by atoms with Crippen LogP contribution in [0.1, 0.15) is 0 Å².